The number of carbonyl (C=O) groups excluding carboxylic acids is 1. The summed E-state index contributed by atoms with van der Waals surface area (Å²) in [7, 11) is 0. The van der Waals surface area contributed by atoms with E-state index in [4.69, 9.17) is 0 Å². The van der Waals surface area contributed by atoms with Crippen molar-refractivity contribution in [2.45, 2.75) is 25.4 Å². The maximum atomic E-state index is 13.2. The van der Waals surface area contributed by atoms with Crippen molar-refractivity contribution in [2.75, 3.05) is 19.6 Å². The molecule has 2 bridgehead atoms. The predicted molar refractivity (Wildman–Crippen MR) is 101 cm³/mol. The van der Waals surface area contributed by atoms with Gasteiger partial charge < -0.3 is 4.90 Å². The van der Waals surface area contributed by atoms with Crippen LogP contribution in [-0.4, -0.2) is 61.8 Å². The monoisotopic (exact) mass is 362 g/mol. The molecule has 6 rings (SSSR count). The van der Waals surface area contributed by atoms with Crippen molar-refractivity contribution in [3.05, 3.63) is 53.9 Å². The number of nitrogens with one attached hydrogen (secondary N) is 1. The summed E-state index contributed by atoms with van der Waals surface area (Å²) in [4.78, 5) is 22.0. The van der Waals surface area contributed by atoms with Crippen molar-refractivity contribution in [2.24, 2.45) is 5.92 Å². The summed E-state index contributed by atoms with van der Waals surface area (Å²) in [5.41, 5.74) is 3.45. The lowest BCUT2D eigenvalue weighted by atomic mass is 9.94. The Morgan fingerprint density at radius 2 is 2.04 bits per heavy atom. The quantitative estimate of drug-likeness (QED) is 0.772. The largest absolute Gasteiger partial charge is 0.334 e. The van der Waals surface area contributed by atoms with Gasteiger partial charge in [-0.3, -0.25) is 14.7 Å². The molecule has 27 heavy (non-hydrogen) atoms. The van der Waals surface area contributed by atoms with E-state index in [2.05, 4.69) is 36.3 Å². The maximum absolute atomic E-state index is 13.2. The number of rotatable bonds is 3. The van der Waals surface area contributed by atoms with Gasteiger partial charge in [0.2, 0.25) is 0 Å². The molecule has 7 nitrogen and oxygen atoms in total. The number of hydrogen-bond acceptors (Lipinski definition) is 5. The first-order valence-electron chi connectivity index (χ1n) is 9.49. The van der Waals surface area contributed by atoms with Crippen molar-refractivity contribution < 1.29 is 4.79 Å². The van der Waals surface area contributed by atoms with Crippen LogP contribution < -0.4 is 0 Å². The minimum Gasteiger partial charge on any atom is -0.334 e. The van der Waals surface area contributed by atoms with Crippen molar-refractivity contribution >= 4 is 16.9 Å². The first-order chi connectivity index (χ1) is 13.3. The third-order valence-corrected chi connectivity index (χ3v) is 5.74. The summed E-state index contributed by atoms with van der Waals surface area (Å²) in [5, 5.41) is 10.8. The number of amides is 1. The number of carbonyl (C=O) groups is 1. The van der Waals surface area contributed by atoms with E-state index >= 15 is 0 Å². The summed E-state index contributed by atoms with van der Waals surface area (Å²) >= 11 is 0. The Balaban J connectivity index is 1.35. The average Bonchev–Trinajstić information content (AvgIpc) is 3.00. The first-order valence-corrected chi connectivity index (χ1v) is 9.49. The van der Waals surface area contributed by atoms with E-state index in [0.717, 1.165) is 43.6 Å². The van der Waals surface area contributed by atoms with Crippen LogP contribution in [0.4, 0.5) is 0 Å². The first kappa shape index (κ1) is 16.4. The highest BCUT2D eigenvalue weighted by Gasteiger charge is 2.37. The highest BCUT2D eigenvalue weighted by atomic mass is 16.2. The van der Waals surface area contributed by atoms with Crippen LogP contribution >= 0.6 is 0 Å². The third-order valence-electron chi connectivity index (χ3n) is 5.74. The Kier molecular flexibility index (Phi) is 4.09. The van der Waals surface area contributed by atoms with Crippen LogP contribution in [0.5, 0.6) is 0 Å². The number of aromatic amines is 1. The van der Waals surface area contributed by atoms with Gasteiger partial charge in [-0.1, -0.05) is 6.07 Å². The van der Waals surface area contributed by atoms with Crippen molar-refractivity contribution in [1.29, 1.82) is 0 Å². The number of pyridine rings is 1. The Morgan fingerprint density at radius 1 is 1.11 bits per heavy atom. The predicted octanol–water partition coefficient (Wildman–Crippen LogP) is 2.09. The molecule has 2 aromatic heterocycles. The summed E-state index contributed by atoms with van der Waals surface area (Å²) in [6.45, 7) is 3.69. The van der Waals surface area contributed by atoms with Gasteiger partial charge in [-0.25, -0.2) is 0 Å². The smallest absolute Gasteiger partial charge is 0.254 e. The molecule has 1 amide bonds. The van der Waals surface area contributed by atoms with Crippen LogP contribution in [0.2, 0.25) is 0 Å². The molecule has 1 N–H and O–H groups in total. The second-order valence-electron chi connectivity index (χ2n) is 7.64. The number of benzene rings is 1. The zero-order valence-corrected chi connectivity index (χ0v) is 15.1. The minimum absolute atomic E-state index is 0.109. The molecule has 3 aliphatic rings. The van der Waals surface area contributed by atoms with Crippen molar-refractivity contribution in [3.63, 3.8) is 0 Å². The van der Waals surface area contributed by atoms with Gasteiger partial charge in [0.1, 0.15) is 11.0 Å². The SMILES string of the molecule is O=C(c1ccc2n[nH]nc2c1)N1C[C@H]2CC[C@@H]1CN(Cc1cccnc1)C2. The zero-order chi connectivity index (χ0) is 18.2. The highest BCUT2D eigenvalue weighted by Crippen LogP contribution is 2.30. The van der Waals surface area contributed by atoms with Gasteiger partial charge in [0.05, 0.1) is 0 Å². The van der Waals surface area contributed by atoms with Gasteiger partial charge in [-0.2, -0.15) is 15.4 Å². The topological polar surface area (TPSA) is 78.0 Å². The molecule has 2 atom stereocenters. The zero-order valence-electron chi connectivity index (χ0n) is 15.1. The molecule has 7 heteroatoms. The summed E-state index contributed by atoms with van der Waals surface area (Å²) < 4.78 is 0. The Bertz CT molecular complexity index is 955. The fourth-order valence-corrected chi connectivity index (χ4v) is 4.45. The van der Waals surface area contributed by atoms with Gasteiger partial charge >= 0.3 is 0 Å². The van der Waals surface area contributed by atoms with Crippen LogP contribution in [-0.2, 0) is 6.54 Å². The number of hydrogen-bond donors (Lipinski definition) is 1. The highest BCUT2D eigenvalue weighted by molar-refractivity contribution is 5.97. The van der Waals surface area contributed by atoms with E-state index in [9.17, 15) is 4.79 Å². The molecule has 5 heterocycles. The normalized spacial score (nSPS) is 22.9. The third kappa shape index (κ3) is 3.19. The summed E-state index contributed by atoms with van der Waals surface area (Å²) in [6.07, 6.45) is 6.01. The number of nitrogens with zero attached hydrogens (tertiary/aromatic N) is 5. The molecule has 3 saturated heterocycles. The Labute approximate surface area is 157 Å². The Morgan fingerprint density at radius 3 is 2.93 bits per heavy atom. The molecule has 1 aromatic carbocycles. The van der Waals surface area contributed by atoms with E-state index in [1.54, 1.807) is 0 Å². The maximum Gasteiger partial charge on any atom is 0.254 e. The molecule has 3 aliphatic heterocycles. The van der Waals surface area contributed by atoms with E-state index < -0.39 is 0 Å². The van der Waals surface area contributed by atoms with Crippen LogP contribution in [0.3, 0.4) is 0 Å². The van der Waals surface area contributed by atoms with Crippen molar-refractivity contribution in [3.8, 4) is 0 Å². The lowest BCUT2D eigenvalue weighted by Gasteiger charge is -2.36. The van der Waals surface area contributed by atoms with Gasteiger partial charge in [-0.15, -0.1) is 0 Å². The molecule has 138 valence electrons. The molecule has 0 saturated carbocycles. The van der Waals surface area contributed by atoms with Crippen LogP contribution in [0.25, 0.3) is 11.0 Å². The molecule has 0 aliphatic carbocycles. The molecule has 3 aromatic rings. The van der Waals surface area contributed by atoms with Gasteiger partial charge in [0.15, 0.2) is 0 Å². The minimum atomic E-state index is 0.109. The van der Waals surface area contributed by atoms with E-state index in [0.29, 0.717) is 11.5 Å². The molecule has 3 fully saturated rings. The number of aromatic nitrogens is 4. The molecular formula is C20H22N6O. The van der Waals surface area contributed by atoms with Crippen LogP contribution in [0.15, 0.2) is 42.7 Å². The molecule has 0 radical (unpaired) electrons. The summed E-state index contributed by atoms with van der Waals surface area (Å²) in [5.74, 6) is 0.637. The molecule has 0 spiro atoms. The molecule has 0 unspecified atom stereocenters. The second-order valence-corrected chi connectivity index (χ2v) is 7.64. The lowest BCUT2D eigenvalue weighted by molar-refractivity contribution is 0.0585. The molecular weight excluding hydrogens is 340 g/mol. The fourth-order valence-electron chi connectivity index (χ4n) is 4.45. The fraction of sp³-hybridized carbons (Fsp3) is 0.400. The Hall–Kier alpha value is -2.80. The van der Waals surface area contributed by atoms with Gasteiger partial charge in [-0.05, 0) is 48.6 Å². The summed E-state index contributed by atoms with van der Waals surface area (Å²) in [6, 6.07) is 9.93. The lowest BCUT2D eigenvalue weighted by Crippen LogP contribution is -2.47. The number of fused-ring (bicyclic) bond motifs is 5. The van der Waals surface area contributed by atoms with E-state index in [1.165, 1.54) is 12.0 Å². The van der Waals surface area contributed by atoms with Crippen LogP contribution in [0, 0.1) is 5.92 Å². The van der Waals surface area contributed by atoms with Crippen molar-refractivity contribution in [1.82, 2.24) is 30.2 Å². The van der Waals surface area contributed by atoms with Gasteiger partial charge in [0.25, 0.3) is 5.91 Å². The number of H-pyrrole nitrogens is 1. The van der Waals surface area contributed by atoms with Gasteiger partial charge in [0, 0.05) is 50.2 Å². The van der Waals surface area contributed by atoms with Crippen LogP contribution in [0.1, 0.15) is 28.8 Å². The second kappa shape index (κ2) is 6.74. The van der Waals surface area contributed by atoms with E-state index in [-0.39, 0.29) is 11.9 Å². The standard InChI is InChI=1S/C20H22N6O/c27-20(16-4-6-18-19(8-16)23-24-22-18)26-12-15-3-5-17(26)13-25(11-15)10-14-2-1-7-21-9-14/h1-2,4,6-9,15,17H,3,5,10-13H2,(H,22,23,24)/t15-,17+/m0/s1. The van der Waals surface area contributed by atoms with E-state index in [1.807, 2.05) is 36.7 Å². The number of piperidine rings is 1. The average molecular weight is 362 g/mol.